The molecule has 0 radical (unpaired) electrons. The van der Waals surface area contributed by atoms with Gasteiger partial charge in [-0.25, -0.2) is 4.39 Å². The molecule has 170 valence electrons. The molecule has 0 saturated heterocycles. The molecule has 2 aromatic rings. The van der Waals surface area contributed by atoms with Gasteiger partial charge in [0.2, 0.25) is 5.17 Å². The molecule has 2 aliphatic rings. The maximum atomic E-state index is 13.1. The van der Waals surface area contributed by atoms with Crippen molar-refractivity contribution >= 4 is 51.4 Å². The molecule has 1 N–H and O–H groups in total. The minimum Gasteiger partial charge on any atom is -0.490 e. The number of ether oxygens (including phenoxy) is 2. The predicted octanol–water partition coefficient (Wildman–Crippen LogP) is 5.49. The molecule has 2 aliphatic heterocycles. The quantitative estimate of drug-likeness (QED) is 0.523. The molecular weight excluding hydrogens is 467 g/mol. The van der Waals surface area contributed by atoms with Gasteiger partial charge in [0.1, 0.15) is 17.5 Å². The number of rotatable bonds is 7. The van der Waals surface area contributed by atoms with Crippen molar-refractivity contribution in [2.45, 2.75) is 26.9 Å². The Hall–Kier alpha value is -3.17. The summed E-state index contributed by atoms with van der Waals surface area (Å²) in [6, 6.07) is 9.27. The number of hydrogen-bond donors (Lipinski definition) is 1. The van der Waals surface area contributed by atoms with Crippen molar-refractivity contribution in [2.75, 3.05) is 6.61 Å². The second kappa shape index (κ2) is 9.76. The zero-order valence-corrected chi connectivity index (χ0v) is 19.5. The van der Waals surface area contributed by atoms with Crippen LogP contribution in [0.1, 0.15) is 31.4 Å². The van der Waals surface area contributed by atoms with E-state index in [0.717, 1.165) is 10.6 Å². The number of amides is 1. The molecule has 10 heteroatoms. The van der Waals surface area contributed by atoms with Crippen LogP contribution in [-0.4, -0.2) is 33.6 Å². The summed E-state index contributed by atoms with van der Waals surface area (Å²) in [5, 5.41) is 15.6. The van der Waals surface area contributed by atoms with E-state index in [2.05, 4.69) is 10.1 Å². The lowest BCUT2D eigenvalue weighted by atomic mass is 10.1. The van der Waals surface area contributed by atoms with Crippen molar-refractivity contribution in [3.05, 3.63) is 63.9 Å². The molecule has 2 aromatic carbocycles. The molecule has 4 rings (SSSR count). The van der Waals surface area contributed by atoms with E-state index in [1.807, 2.05) is 13.8 Å². The molecule has 2 heterocycles. The summed E-state index contributed by atoms with van der Waals surface area (Å²) in [7, 11) is 0. The molecule has 0 bridgehead atoms. The van der Waals surface area contributed by atoms with Gasteiger partial charge >= 0.3 is 0 Å². The number of hydrogen-bond acceptors (Lipinski definition) is 6. The lowest BCUT2D eigenvalue weighted by Gasteiger charge is -2.20. The van der Waals surface area contributed by atoms with Crippen LogP contribution in [0.15, 0.2) is 52.1 Å². The van der Waals surface area contributed by atoms with Crippen LogP contribution in [0, 0.1) is 11.2 Å². The van der Waals surface area contributed by atoms with E-state index >= 15 is 0 Å². The first-order valence-corrected chi connectivity index (χ1v) is 11.4. The van der Waals surface area contributed by atoms with Gasteiger partial charge in [-0.3, -0.25) is 10.2 Å². The Morgan fingerprint density at radius 2 is 1.97 bits per heavy atom. The number of benzene rings is 2. The van der Waals surface area contributed by atoms with Gasteiger partial charge in [0.05, 0.1) is 17.2 Å². The number of thioether (sulfide) groups is 1. The fraction of sp³-hybridized carbons (Fsp3) is 0.217. The topological polar surface area (TPSA) is 87.3 Å². The van der Waals surface area contributed by atoms with E-state index < -0.39 is 5.91 Å². The highest BCUT2D eigenvalue weighted by atomic mass is 35.5. The van der Waals surface area contributed by atoms with Gasteiger partial charge in [-0.05, 0) is 66.6 Å². The van der Waals surface area contributed by atoms with Crippen molar-refractivity contribution in [1.29, 1.82) is 5.41 Å². The zero-order valence-electron chi connectivity index (χ0n) is 17.9. The van der Waals surface area contributed by atoms with Crippen LogP contribution in [0.3, 0.4) is 0 Å². The molecule has 0 aliphatic carbocycles. The van der Waals surface area contributed by atoms with Crippen LogP contribution in [0.2, 0.25) is 5.02 Å². The predicted molar refractivity (Wildman–Crippen MR) is 129 cm³/mol. The lowest BCUT2D eigenvalue weighted by Crippen LogP contribution is -2.35. The Morgan fingerprint density at radius 1 is 1.21 bits per heavy atom. The summed E-state index contributed by atoms with van der Waals surface area (Å²) >= 11 is 7.77. The third kappa shape index (κ3) is 4.94. The SMILES string of the molecule is CCOc1cc(/C=C2/C(=N)N3N=C(CC)SC3=NC2=O)cc(Cl)c1OCc1ccc(F)cc1. The average Bonchev–Trinajstić information content (AvgIpc) is 3.21. The van der Waals surface area contributed by atoms with Crippen molar-refractivity contribution in [1.82, 2.24) is 5.01 Å². The van der Waals surface area contributed by atoms with Crippen LogP contribution >= 0.6 is 23.4 Å². The number of amidine groups is 2. The molecule has 1 amide bonds. The summed E-state index contributed by atoms with van der Waals surface area (Å²) in [4.78, 5) is 16.7. The van der Waals surface area contributed by atoms with Gasteiger partial charge in [0, 0.05) is 0 Å². The smallest absolute Gasteiger partial charge is 0.283 e. The monoisotopic (exact) mass is 486 g/mol. The lowest BCUT2D eigenvalue weighted by molar-refractivity contribution is -0.114. The van der Waals surface area contributed by atoms with Gasteiger partial charge in [0.15, 0.2) is 17.3 Å². The normalized spacial score (nSPS) is 16.6. The molecule has 0 unspecified atom stereocenters. The maximum Gasteiger partial charge on any atom is 0.283 e. The second-order valence-corrected chi connectivity index (χ2v) is 8.49. The summed E-state index contributed by atoms with van der Waals surface area (Å²) in [6.07, 6.45) is 2.22. The summed E-state index contributed by atoms with van der Waals surface area (Å²) in [5.41, 5.74) is 1.42. The average molecular weight is 487 g/mol. The number of hydrazone groups is 1. The van der Waals surface area contributed by atoms with Crippen LogP contribution in [0.5, 0.6) is 11.5 Å². The van der Waals surface area contributed by atoms with E-state index in [1.54, 1.807) is 24.3 Å². The molecule has 0 spiro atoms. The van der Waals surface area contributed by atoms with Gasteiger partial charge < -0.3 is 9.47 Å². The first-order valence-electron chi connectivity index (χ1n) is 10.2. The summed E-state index contributed by atoms with van der Waals surface area (Å²) in [6.45, 7) is 4.31. The van der Waals surface area contributed by atoms with Crippen LogP contribution in [-0.2, 0) is 11.4 Å². The van der Waals surface area contributed by atoms with Gasteiger partial charge in [-0.2, -0.15) is 15.1 Å². The molecule has 33 heavy (non-hydrogen) atoms. The zero-order chi connectivity index (χ0) is 23.5. The van der Waals surface area contributed by atoms with Gasteiger partial charge in [0.25, 0.3) is 5.91 Å². The van der Waals surface area contributed by atoms with Crippen molar-refractivity contribution < 1.29 is 18.7 Å². The Bertz CT molecular complexity index is 1210. The molecule has 0 aromatic heterocycles. The van der Waals surface area contributed by atoms with Crippen molar-refractivity contribution in [3.63, 3.8) is 0 Å². The van der Waals surface area contributed by atoms with Crippen molar-refractivity contribution in [2.24, 2.45) is 10.1 Å². The Kier molecular flexibility index (Phi) is 6.80. The largest absolute Gasteiger partial charge is 0.490 e. The van der Waals surface area contributed by atoms with Crippen LogP contribution < -0.4 is 9.47 Å². The third-order valence-electron chi connectivity index (χ3n) is 4.74. The highest BCUT2D eigenvalue weighted by Gasteiger charge is 2.35. The summed E-state index contributed by atoms with van der Waals surface area (Å²) in [5.74, 6) is -0.166. The number of aliphatic imine (C=N–C) groups is 1. The van der Waals surface area contributed by atoms with Crippen LogP contribution in [0.4, 0.5) is 4.39 Å². The van der Waals surface area contributed by atoms with E-state index in [0.29, 0.717) is 35.3 Å². The number of halogens is 2. The van der Waals surface area contributed by atoms with Crippen LogP contribution in [0.25, 0.3) is 6.08 Å². The third-order valence-corrected chi connectivity index (χ3v) is 6.07. The standard InChI is InChI=1S/C23H20ClFN4O3S/c1-3-19-28-29-21(26)16(22(30)27-23(29)33-19)9-14-10-17(24)20(18(11-14)31-4-2)32-12-13-5-7-15(25)8-6-13/h5-11,26H,3-4,12H2,1-2H3/b16-9-,26-21?. The highest BCUT2D eigenvalue weighted by Crippen LogP contribution is 2.38. The first-order chi connectivity index (χ1) is 15.9. The highest BCUT2D eigenvalue weighted by molar-refractivity contribution is 8.26. The molecule has 7 nitrogen and oxygen atoms in total. The fourth-order valence-electron chi connectivity index (χ4n) is 3.15. The molecule has 0 fully saturated rings. The fourth-order valence-corrected chi connectivity index (χ4v) is 4.25. The molecule has 0 saturated carbocycles. The minimum absolute atomic E-state index is 0.0494. The van der Waals surface area contributed by atoms with E-state index in [4.69, 9.17) is 26.5 Å². The van der Waals surface area contributed by atoms with E-state index in [-0.39, 0.29) is 28.9 Å². The second-order valence-electron chi connectivity index (χ2n) is 7.05. The minimum atomic E-state index is -0.517. The Morgan fingerprint density at radius 3 is 2.67 bits per heavy atom. The van der Waals surface area contributed by atoms with E-state index in [9.17, 15) is 9.18 Å². The summed E-state index contributed by atoms with van der Waals surface area (Å²) < 4.78 is 24.7. The van der Waals surface area contributed by atoms with E-state index in [1.165, 1.54) is 35.0 Å². The molecule has 0 atom stereocenters. The van der Waals surface area contributed by atoms with Gasteiger partial charge in [-0.1, -0.05) is 30.7 Å². The number of carbonyl (C=O) groups excluding carboxylic acids is 1. The number of nitrogens with zero attached hydrogens (tertiary/aromatic N) is 3. The van der Waals surface area contributed by atoms with Gasteiger partial charge in [-0.15, -0.1) is 0 Å². The maximum absolute atomic E-state index is 13.1. The first kappa shape index (κ1) is 23.0. The number of nitrogens with one attached hydrogen (secondary N) is 1. The number of carbonyl (C=O) groups is 1. The Labute approximate surface area is 199 Å². The molecular formula is C23H20ClFN4O3S. The number of fused-ring (bicyclic) bond motifs is 1. The van der Waals surface area contributed by atoms with Crippen molar-refractivity contribution in [3.8, 4) is 11.5 Å². The Balaban J connectivity index is 1.62.